The summed E-state index contributed by atoms with van der Waals surface area (Å²) in [6.45, 7) is 8.99. The number of ether oxygens (including phenoxy) is 1. The topological polar surface area (TPSA) is 139 Å². The predicted molar refractivity (Wildman–Crippen MR) is 144 cm³/mol. The van der Waals surface area contributed by atoms with Crippen LogP contribution in [-0.4, -0.2) is 77.1 Å². The molecule has 0 spiro atoms. The van der Waals surface area contributed by atoms with E-state index in [2.05, 4.69) is 20.9 Å². The highest BCUT2D eigenvalue weighted by Crippen LogP contribution is 2.35. The van der Waals surface area contributed by atoms with Gasteiger partial charge in [-0.3, -0.25) is 9.59 Å². The first-order valence-corrected chi connectivity index (χ1v) is 12.0. The van der Waals surface area contributed by atoms with Crippen molar-refractivity contribution in [3.8, 4) is 11.4 Å². The number of anilines is 1. The number of aromatic carboxylic acids is 1. The second-order valence-corrected chi connectivity index (χ2v) is 10.2. The van der Waals surface area contributed by atoms with E-state index < -0.39 is 11.9 Å². The Morgan fingerprint density at radius 3 is 2.39 bits per heavy atom. The Labute approximate surface area is 221 Å². The van der Waals surface area contributed by atoms with Crippen LogP contribution in [0, 0.1) is 6.92 Å². The van der Waals surface area contributed by atoms with Crippen molar-refractivity contribution in [2.45, 2.75) is 33.1 Å². The van der Waals surface area contributed by atoms with Crippen LogP contribution in [0.3, 0.4) is 0 Å². The Morgan fingerprint density at radius 1 is 1.11 bits per heavy atom. The van der Waals surface area contributed by atoms with Gasteiger partial charge < -0.3 is 25.4 Å². The van der Waals surface area contributed by atoms with Gasteiger partial charge in [-0.25, -0.2) is 9.48 Å². The van der Waals surface area contributed by atoms with Gasteiger partial charge in [-0.15, -0.1) is 5.10 Å². The summed E-state index contributed by atoms with van der Waals surface area (Å²) in [5.41, 5.74) is 2.59. The molecule has 0 saturated carbocycles. The number of carbonyl (C=O) groups is 3. The molecule has 0 fully saturated rings. The van der Waals surface area contributed by atoms with Gasteiger partial charge in [0.05, 0.1) is 30.2 Å². The molecule has 3 N–H and O–H groups in total. The predicted octanol–water partition coefficient (Wildman–Crippen LogP) is 3.12. The van der Waals surface area contributed by atoms with E-state index in [0.29, 0.717) is 35.6 Å². The van der Waals surface area contributed by atoms with Crippen molar-refractivity contribution >= 4 is 23.5 Å². The number of hydrogen-bond acceptors (Lipinski definition) is 7. The first-order chi connectivity index (χ1) is 17.8. The van der Waals surface area contributed by atoms with Crippen LogP contribution in [0.4, 0.5) is 5.69 Å². The van der Waals surface area contributed by atoms with Crippen molar-refractivity contribution in [3.63, 3.8) is 0 Å². The van der Waals surface area contributed by atoms with Crippen molar-refractivity contribution in [2.24, 2.45) is 0 Å². The van der Waals surface area contributed by atoms with Gasteiger partial charge >= 0.3 is 5.97 Å². The van der Waals surface area contributed by atoms with E-state index in [1.807, 2.05) is 46.7 Å². The van der Waals surface area contributed by atoms with Gasteiger partial charge in [-0.1, -0.05) is 32.1 Å². The van der Waals surface area contributed by atoms with Crippen LogP contribution in [0.25, 0.3) is 5.69 Å². The molecule has 1 aromatic heterocycles. The van der Waals surface area contributed by atoms with Crippen LogP contribution in [0.5, 0.6) is 5.75 Å². The average Bonchev–Trinajstić information content (AvgIpc) is 3.33. The molecule has 2 aromatic carbocycles. The molecule has 0 atom stereocenters. The fraction of sp³-hybridized carbons (Fsp3) is 0.370. The third kappa shape index (κ3) is 6.54. The molecule has 1 heterocycles. The number of carboxylic acid groups (broad SMARTS) is 1. The number of hydrogen-bond donors (Lipinski definition) is 3. The Morgan fingerprint density at radius 2 is 1.82 bits per heavy atom. The molecular weight excluding hydrogens is 488 g/mol. The molecule has 0 radical (unpaired) electrons. The SMILES string of the molecule is COc1c(NC(=O)c2ccc(C)c(-n3cc(C(=O)O)nn3)c2)cc(C(C)(C)C)cc1C(=O)NCCN(C)C. The Hall–Kier alpha value is -4.25. The van der Waals surface area contributed by atoms with E-state index in [-0.39, 0.29) is 22.8 Å². The number of amides is 2. The van der Waals surface area contributed by atoms with Crippen LogP contribution < -0.4 is 15.4 Å². The third-order valence-corrected chi connectivity index (χ3v) is 5.93. The first kappa shape index (κ1) is 28.3. The lowest BCUT2D eigenvalue weighted by Gasteiger charge is -2.23. The standard InChI is InChI=1S/C27H34N6O5/c1-16-8-9-17(12-22(16)33-15-21(26(36)37)30-31-33)24(34)29-20-14-18(27(2,3)4)13-19(23(20)38-7)25(35)28-10-11-32(5)6/h8-9,12-15H,10-11H2,1-7H3,(H,28,35)(H,29,34)(H,36,37). The second kappa shape index (κ2) is 11.4. The van der Waals surface area contributed by atoms with E-state index in [4.69, 9.17) is 9.84 Å². The molecular formula is C27H34N6O5. The molecule has 202 valence electrons. The van der Waals surface area contributed by atoms with Crippen LogP contribution in [0.2, 0.25) is 0 Å². The first-order valence-electron chi connectivity index (χ1n) is 12.0. The fourth-order valence-electron chi connectivity index (χ4n) is 3.70. The van der Waals surface area contributed by atoms with Crippen molar-refractivity contribution in [3.05, 3.63) is 64.5 Å². The maximum Gasteiger partial charge on any atom is 0.358 e. The van der Waals surface area contributed by atoms with Gasteiger partial charge in [-0.05, 0) is 61.8 Å². The van der Waals surface area contributed by atoms with E-state index in [1.54, 1.807) is 30.3 Å². The van der Waals surface area contributed by atoms with Gasteiger partial charge in [0, 0.05) is 18.7 Å². The highest BCUT2D eigenvalue weighted by Gasteiger charge is 2.24. The molecule has 0 saturated heterocycles. The maximum atomic E-state index is 13.4. The number of methoxy groups -OCH3 is 1. The monoisotopic (exact) mass is 522 g/mol. The highest BCUT2D eigenvalue weighted by atomic mass is 16.5. The lowest BCUT2D eigenvalue weighted by Crippen LogP contribution is -2.32. The maximum absolute atomic E-state index is 13.4. The van der Waals surface area contributed by atoms with Crippen LogP contribution in [0.1, 0.15) is 63.1 Å². The number of benzene rings is 2. The summed E-state index contributed by atoms with van der Waals surface area (Å²) in [5.74, 6) is -1.69. The number of likely N-dealkylation sites (N-methyl/N-ethyl adjacent to an activating group) is 1. The van der Waals surface area contributed by atoms with Gasteiger partial charge in [-0.2, -0.15) is 0 Å². The van der Waals surface area contributed by atoms with Gasteiger partial charge in [0.25, 0.3) is 11.8 Å². The van der Waals surface area contributed by atoms with Gasteiger partial charge in [0.15, 0.2) is 11.4 Å². The average molecular weight is 523 g/mol. The molecule has 38 heavy (non-hydrogen) atoms. The van der Waals surface area contributed by atoms with E-state index in [1.165, 1.54) is 18.0 Å². The molecule has 3 rings (SSSR count). The van der Waals surface area contributed by atoms with E-state index in [9.17, 15) is 14.4 Å². The number of rotatable bonds is 9. The summed E-state index contributed by atoms with van der Waals surface area (Å²) in [4.78, 5) is 39.6. The molecule has 0 aliphatic rings. The zero-order valence-corrected chi connectivity index (χ0v) is 22.7. The molecule has 0 aliphatic carbocycles. The highest BCUT2D eigenvalue weighted by molar-refractivity contribution is 6.07. The zero-order valence-electron chi connectivity index (χ0n) is 22.7. The molecule has 3 aromatic rings. The van der Waals surface area contributed by atoms with Gasteiger partial charge in [0.1, 0.15) is 0 Å². The number of aromatic nitrogens is 3. The molecule has 0 aliphatic heterocycles. The van der Waals surface area contributed by atoms with Crippen LogP contribution in [-0.2, 0) is 5.41 Å². The summed E-state index contributed by atoms with van der Waals surface area (Å²) in [5, 5.41) is 22.5. The molecule has 11 nitrogen and oxygen atoms in total. The molecule has 11 heteroatoms. The lowest BCUT2D eigenvalue weighted by molar-refractivity contribution is 0.0689. The fourth-order valence-corrected chi connectivity index (χ4v) is 3.70. The normalized spacial score (nSPS) is 11.4. The van der Waals surface area contributed by atoms with E-state index >= 15 is 0 Å². The van der Waals surface area contributed by atoms with Gasteiger partial charge in [0.2, 0.25) is 0 Å². The number of nitrogens with zero attached hydrogens (tertiary/aromatic N) is 4. The minimum absolute atomic E-state index is 0.209. The molecule has 0 unspecified atom stereocenters. The Kier molecular flexibility index (Phi) is 8.52. The number of aryl methyl sites for hydroxylation is 1. The summed E-state index contributed by atoms with van der Waals surface area (Å²) in [6, 6.07) is 8.57. The van der Waals surface area contributed by atoms with Crippen molar-refractivity contribution in [2.75, 3.05) is 39.6 Å². The lowest BCUT2D eigenvalue weighted by atomic mass is 9.85. The summed E-state index contributed by atoms with van der Waals surface area (Å²) in [7, 11) is 5.29. The molecule has 0 bridgehead atoms. The van der Waals surface area contributed by atoms with Crippen LogP contribution >= 0.6 is 0 Å². The Balaban J connectivity index is 1.99. The number of carboxylic acids is 1. The molecule has 2 amide bonds. The summed E-state index contributed by atoms with van der Waals surface area (Å²) >= 11 is 0. The second-order valence-electron chi connectivity index (χ2n) is 10.2. The quantitative estimate of drug-likeness (QED) is 0.390. The third-order valence-electron chi connectivity index (χ3n) is 5.93. The van der Waals surface area contributed by atoms with E-state index in [0.717, 1.165) is 11.1 Å². The minimum Gasteiger partial charge on any atom is -0.494 e. The number of nitrogens with one attached hydrogen (secondary N) is 2. The summed E-state index contributed by atoms with van der Waals surface area (Å²) < 4.78 is 6.91. The van der Waals surface area contributed by atoms with Crippen molar-refractivity contribution in [1.29, 1.82) is 0 Å². The summed E-state index contributed by atoms with van der Waals surface area (Å²) in [6.07, 6.45) is 1.28. The zero-order chi connectivity index (χ0) is 28.2. The largest absolute Gasteiger partial charge is 0.494 e. The van der Waals surface area contributed by atoms with Crippen molar-refractivity contribution in [1.82, 2.24) is 25.2 Å². The Bertz CT molecular complexity index is 1360. The van der Waals surface area contributed by atoms with Crippen molar-refractivity contribution < 1.29 is 24.2 Å². The van der Waals surface area contributed by atoms with Crippen LogP contribution in [0.15, 0.2) is 36.5 Å². The number of carbonyl (C=O) groups excluding carboxylic acids is 2. The smallest absolute Gasteiger partial charge is 0.358 e. The minimum atomic E-state index is -1.20.